The van der Waals surface area contributed by atoms with E-state index in [0.29, 0.717) is 0 Å². The molecule has 0 radical (unpaired) electrons. The lowest BCUT2D eigenvalue weighted by Crippen LogP contribution is -2.09. The Morgan fingerprint density at radius 3 is 2.46 bits per heavy atom. The first-order chi connectivity index (χ1) is 12.7. The van der Waals surface area contributed by atoms with Crippen molar-refractivity contribution in [3.8, 4) is 11.5 Å². The number of ether oxygens (including phenoxy) is 2. The average molecular weight is 356 g/mol. The highest BCUT2D eigenvalue weighted by Crippen LogP contribution is 2.20. The van der Waals surface area contributed by atoms with E-state index in [0.717, 1.165) is 43.2 Å². The molecule has 0 aromatic heterocycles. The first kappa shape index (κ1) is 20.2. The maximum atomic E-state index is 5.88. The van der Waals surface area contributed by atoms with Crippen molar-refractivity contribution in [1.82, 2.24) is 0 Å². The van der Waals surface area contributed by atoms with E-state index >= 15 is 0 Å². The normalized spacial score (nSPS) is 11.8. The van der Waals surface area contributed by atoms with Gasteiger partial charge in [-0.3, -0.25) is 0 Å². The standard InChI is InChI=1S/C23H33NO2/c1-4-6-7-8-16-25-22-14-12-20(13-15-22)18-24-21-10-9-11-23(17-21)26-19(3)5-2/h9-15,17,19,24H,4-8,16,18H2,1-3H3/t19-/m1/s1. The van der Waals surface area contributed by atoms with E-state index in [1.54, 1.807) is 0 Å². The number of hydrogen-bond acceptors (Lipinski definition) is 3. The summed E-state index contributed by atoms with van der Waals surface area (Å²) in [7, 11) is 0. The molecule has 0 unspecified atom stereocenters. The molecule has 0 amide bonds. The second kappa shape index (κ2) is 11.5. The van der Waals surface area contributed by atoms with E-state index in [1.807, 2.05) is 12.1 Å². The van der Waals surface area contributed by atoms with Gasteiger partial charge in [0, 0.05) is 18.3 Å². The van der Waals surface area contributed by atoms with Crippen molar-refractivity contribution in [3.05, 3.63) is 54.1 Å². The van der Waals surface area contributed by atoms with Crippen LogP contribution in [0.4, 0.5) is 5.69 Å². The molecule has 0 heterocycles. The van der Waals surface area contributed by atoms with Crippen molar-refractivity contribution < 1.29 is 9.47 Å². The largest absolute Gasteiger partial charge is 0.494 e. The van der Waals surface area contributed by atoms with Crippen LogP contribution in [0.2, 0.25) is 0 Å². The van der Waals surface area contributed by atoms with Crippen LogP contribution in [-0.2, 0) is 6.54 Å². The lowest BCUT2D eigenvalue weighted by molar-refractivity contribution is 0.217. The predicted octanol–water partition coefficient (Wildman–Crippen LogP) is 6.44. The number of nitrogens with one attached hydrogen (secondary N) is 1. The Morgan fingerprint density at radius 2 is 1.73 bits per heavy atom. The van der Waals surface area contributed by atoms with E-state index in [-0.39, 0.29) is 6.10 Å². The molecule has 0 spiro atoms. The Kier molecular flexibility index (Phi) is 8.88. The van der Waals surface area contributed by atoms with Crippen LogP contribution in [0.3, 0.4) is 0 Å². The molecule has 2 aromatic carbocycles. The zero-order valence-corrected chi connectivity index (χ0v) is 16.5. The third kappa shape index (κ3) is 7.38. The molecule has 0 bridgehead atoms. The quantitative estimate of drug-likeness (QED) is 0.445. The monoisotopic (exact) mass is 355 g/mol. The number of hydrogen-bond donors (Lipinski definition) is 1. The van der Waals surface area contributed by atoms with Crippen LogP contribution in [0.25, 0.3) is 0 Å². The van der Waals surface area contributed by atoms with E-state index in [1.165, 1.54) is 24.8 Å². The minimum Gasteiger partial charge on any atom is -0.494 e. The fourth-order valence-corrected chi connectivity index (χ4v) is 2.62. The number of benzene rings is 2. The van der Waals surface area contributed by atoms with Crippen LogP contribution in [-0.4, -0.2) is 12.7 Å². The van der Waals surface area contributed by atoms with Gasteiger partial charge in [0.15, 0.2) is 0 Å². The molecule has 2 aromatic rings. The van der Waals surface area contributed by atoms with Gasteiger partial charge in [0.1, 0.15) is 11.5 Å². The molecule has 0 saturated heterocycles. The molecule has 0 saturated carbocycles. The Hall–Kier alpha value is -2.16. The Bertz CT molecular complexity index is 624. The van der Waals surface area contributed by atoms with Crippen molar-refractivity contribution >= 4 is 5.69 Å². The van der Waals surface area contributed by atoms with Crippen LogP contribution in [0.5, 0.6) is 11.5 Å². The van der Waals surface area contributed by atoms with Crippen LogP contribution in [0, 0.1) is 0 Å². The van der Waals surface area contributed by atoms with Crippen LogP contribution >= 0.6 is 0 Å². The van der Waals surface area contributed by atoms with Gasteiger partial charge in [-0.25, -0.2) is 0 Å². The second-order valence-corrected chi connectivity index (χ2v) is 6.77. The molecular formula is C23H33NO2. The van der Waals surface area contributed by atoms with Gasteiger partial charge in [-0.2, -0.15) is 0 Å². The van der Waals surface area contributed by atoms with Gasteiger partial charge >= 0.3 is 0 Å². The smallest absolute Gasteiger partial charge is 0.121 e. The van der Waals surface area contributed by atoms with Crippen LogP contribution in [0.15, 0.2) is 48.5 Å². The topological polar surface area (TPSA) is 30.5 Å². The van der Waals surface area contributed by atoms with Crippen molar-refractivity contribution in [2.24, 2.45) is 0 Å². The van der Waals surface area contributed by atoms with Crippen LogP contribution < -0.4 is 14.8 Å². The summed E-state index contributed by atoms with van der Waals surface area (Å²) < 4.78 is 11.7. The highest BCUT2D eigenvalue weighted by molar-refractivity contribution is 5.48. The van der Waals surface area contributed by atoms with Crippen molar-refractivity contribution in [3.63, 3.8) is 0 Å². The van der Waals surface area contributed by atoms with Gasteiger partial charge in [0.05, 0.1) is 12.7 Å². The van der Waals surface area contributed by atoms with E-state index in [2.05, 4.69) is 62.5 Å². The van der Waals surface area contributed by atoms with Crippen molar-refractivity contribution in [2.45, 2.75) is 65.5 Å². The van der Waals surface area contributed by atoms with Crippen LogP contribution in [0.1, 0.15) is 58.4 Å². The Morgan fingerprint density at radius 1 is 0.923 bits per heavy atom. The fraction of sp³-hybridized carbons (Fsp3) is 0.478. The summed E-state index contributed by atoms with van der Waals surface area (Å²) in [6.07, 6.45) is 6.17. The summed E-state index contributed by atoms with van der Waals surface area (Å²) in [5.74, 6) is 1.87. The highest BCUT2D eigenvalue weighted by Gasteiger charge is 2.02. The molecule has 3 nitrogen and oxygen atoms in total. The summed E-state index contributed by atoms with van der Waals surface area (Å²) in [6, 6.07) is 16.5. The number of unbranched alkanes of at least 4 members (excludes halogenated alkanes) is 3. The molecular weight excluding hydrogens is 322 g/mol. The first-order valence-electron chi connectivity index (χ1n) is 9.93. The molecule has 0 fully saturated rings. The minimum absolute atomic E-state index is 0.236. The van der Waals surface area contributed by atoms with Gasteiger partial charge < -0.3 is 14.8 Å². The third-order valence-electron chi connectivity index (χ3n) is 4.43. The second-order valence-electron chi connectivity index (χ2n) is 6.77. The molecule has 3 heteroatoms. The fourth-order valence-electron chi connectivity index (χ4n) is 2.62. The van der Waals surface area contributed by atoms with E-state index in [9.17, 15) is 0 Å². The van der Waals surface area contributed by atoms with Gasteiger partial charge in [-0.15, -0.1) is 0 Å². The summed E-state index contributed by atoms with van der Waals surface area (Å²) >= 11 is 0. The summed E-state index contributed by atoms with van der Waals surface area (Å²) in [4.78, 5) is 0. The van der Waals surface area contributed by atoms with Gasteiger partial charge in [-0.1, -0.05) is 51.3 Å². The highest BCUT2D eigenvalue weighted by atomic mass is 16.5. The summed E-state index contributed by atoms with van der Waals surface area (Å²) in [5.41, 5.74) is 2.30. The summed E-state index contributed by atoms with van der Waals surface area (Å²) in [5, 5.41) is 3.46. The lowest BCUT2D eigenvalue weighted by atomic mass is 10.2. The maximum Gasteiger partial charge on any atom is 0.121 e. The molecule has 142 valence electrons. The zero-order chi connectivity index (χ0) is 18.6. The number of rotatable bonds is 12. The molecule has 0 aliphatic heterocycles. The van der Waals surface area contributed by atoms with Gasteiger partial charge in [0.25, 0.3) is 0 Å². The van der Waals surface area contributed by atoms with Gasteiger partial charge in [-0.05, 0) is 49.6 Å². The minimum atomic E-state index is 0.236. The Labute approximate surface area is 158 Å². The van der Waals surface area contributed by atoms with E-state index in [4.69, 9.17) is 9.47 Å². The summed E-state index contributed by atoms with van der Waals surface area (Å²) in [6.45, 7) is 8.03. The zero-order valence-electron chi connectivity index (χ0n) is 16.5. The molecule has 1 atom stereocenters. The Balaban J connectivity index is 1.78. The SMILES string of the molecule is CCCCCCOc1ccc(CNc2cccc(O[C@H](C)CC)c2)cc1. The van der Waals surface area contributed by atoms with Crippen molar-refractivity contribution in [2.75, 3.05) is 11.9 Å². The first-order valence-corrected chi connectivity index (χ1v) is 9.93. The average Bonchev–Trinajstić information content (AvgIpc) is 2.67. The lowest BCUT2D eigenvalue weighted by Gasteiger charge is -2.14. The molecule has 26 heavy (non-hydrogen) atoms. The van der Waals surface area contributed by atoms with Crippen molar-refractivity contribution in [1.29, 1.82) is 0 Å². The third-order valence-corrected chi connectivity index (χ3v) is 4.43. The predicted molar refractivity (Wildman–Crippen MR) is 110 cm³/mol. The molecule has 1 N–H and O–H groups in total. The maximum absolute atomic E-state index is 5.88. The molecule has 2 rings (SSSR count). The molecule has 0 aliphatic carbocycles. The number of anilines is 1. The van der Waals surface area contributed by atoms with E-state index < -0.39 is 0 Å². The van der Waals surface area contributed by atoms with Gasteiger partial charge in [0.2, 0.25) is 0 Å². The molecule has 0 aliphatic rings.